The van der Waals surface area contributed by atoms with E-state index in [4.69, 9.17) is 0 Å². The Bertz CT molecular complexity index is 2930. The van der Waals surface area contributed by atoms with Gasteiger partial charge in [0.1, 0.15) is 23.7 Å². The van der Waals surface area contributed by atoms with Gasteiger partial charge in [0.05, 0.1) is 11.3 Å². The Morgan fingerprint density at radius 1 is 0.938 bits per heavy atom. The van der Waals surface area contributed by atoms with Crippen LogP contribution < -0.4 is 14.9 Å². The van der Waals surface area contributed by atoms with Crippen molar-refractivity contribution in [3.8, 4) is 11.1 Å². The molecule has 65 heavy (non-hydrogen) atoms. The molecule has 0 bridgehead atoms. The number of aromatic amines is 1. The third-order valence-corrected chi connectivity index (χ3v) is 15.8. The molecule has 0 unspecified atom stereocenters. The van der Waals surface area contributed by atoms with Crippen LogP contribution in [0, 0.1) is 23.0 Å². The molecule has 3 N–H and O–H groups in total. The first-order chi connectivity index (χ1) is 31.2. The van der Waals surface area contributed by atoms with Gasteiger partial charge in [0, 0.05) is 110 Å². The highest BCUT2D eigenvalue weighted by atomic mass is 32.2. The number of likely N-dealkylation sites (tertiary alicyclic amines) is 1. The number of aromatic nitrogens is 2. The molecule has 6 aliphatic rings. The minimum atomic E-state index is -4.35. The Balaban J connectivity index is 0.678. The van der Waals surface area contributed by atoms with Crippen LogP contribution in [0.25, 0.3) is 22.2 Å². The number of fused-ring (bicyclic) bond motifs is 2. The fourth-order valence-corrected chi connectivity index (χ4v) is 12.2. The van der Waals surface area contributed by atoms with Gasteiger partial charge in [-0.15, -0.1) is 0 Å². The quantitative estimate of drug-likeness (QED) is 0.114. The van der Waals surface area contributed by atoms with Gasteiger partial charge in [-0.3, -0.25) is 29.2 Å². The van der Waals surface area contributed by atoms with Gasteiger partial charge in [-0.2, -0.15) is 12.7 Å². The summed E-state index contributed by atoms with van der Waals surface area (Å²) in [4.78, 5) is 64.8. The molecule has 336 valence electrons. The minimum absolute atomic E-state index is 0.00534. The Hall–Kier alpha value is -6.11. The smallest absolute Gasteiger partial charge is 0.301 e. The van der Waals surface area contributed by atoms with Gasteiger partial charge in [-0.1, -0.05) is 24.3 Å². The molecule has 5 fully saturated rings. The van der Waals surface area contributed by atoms with Crippen LogP contribution in [0.2, 0.25) is 0 Å². The Morgan fingerprint density at radius 3 is 2.46 bits per heavy atom. The van der Waals surface area contributed by atoms with E-state index >= 15 is 8.78 Å². The summed E-state index contributed by atoms with van der Waals surface area (Å²) in [5.74, 6) is -3.32. The number of hydrogen-bond acceptors (Lipinski definition) is 9. The Morgan fingerprint density at radius 2 is 1.72 bits per heavy atom. The highest BCUT2D eigenvalue weighted by Gasteiger charge is 2.53. The molecule has 5 aliphatic heterocycles. The maximum atomic E-state index is 15.7. The summed E-state index contributed by atoms with van der Waals surface area (Å²) in [7, 11) is -4.35. The van der Waals surface area contributed by atoms with Crippen molar-refractivity contribution in [1.29, 1.82) is 0 Å². The average Bonchev–Trinajstić information content (AvgIpc) is 3.97. The first kappa shape index (κ1) is 41.6. The van der Waals surface area contributed by atoms with Crippen LogP contribution in [0.3, 0.4) is 0 Å². The molecule has 4 saturated heterocycles. The number of carbonyl (C=O) groups excluding carboxylic acids is 4. The van der Waals surface area contributed by atoms with Crippen LogP contribution in [0.4, 0.5) is 24.5 Å². The highest BCUT2D eigenvalue weighted by molar-refractivity contribution is 7.90. The van der Waals surface area contributed by atoms with Gasteiger partial charge < -0.3 is 19.7 Å². The van der Waals surface area contributed by atoms with Crippen molar-refractivity contribution in [3.63, 3.8) is 0 Å². The number of ketones is 1. The lowest BCUT2D eigenvalue weighted by molar-refractivity contribution is -0.136. The summed E-state index contributed by atoms with van der Waals surface area (Å²) in [6.45, 7) is 4.93. The summed E-state index contributed by atoms with van der Waals surface area (Å²) < 4.78 is 73.1. The largest absolute Gasteiger partial charge is 0.370 e. The molecule has 2 aromatic heterocycles. The van der Waals surface area contributed by atoms with Crippen LogP contribution >= 0.6 is 0 Å². The molecule has 1 saturated carbocycles. The molecule has 5 aromatic rings. The van der Waals surface area contributed by atoms with Gasteiger partial charge in [-0.25, -0.2) is 18.2 Å². The number of halogens is 3. The number of alkyl halides is 1. The molecule has 2 atom stereocenters. The summed E-state index contributed by atoms with van der Waals surface area (Å²) in [6, 6.07) is 17.0. The van der Waals surface area contributed by atoms with E-state index in [2.05, 4.69) is 43.3 Å². The number of amides is 3. The SMILES string of the molecule is O=C1CC[C@@H](N2Cc3cc(C4CN(CC5CC6(C5)CN(c5ccc(-c7cnc8[nH]cc(C(=O)c9c(F)ccc(NS(=O)(=O)N%10CC[C@@H](F)C%10)c9F)c8c7)cc5)C6)C4)ccc3C2=O)C(=O)N1. The molecule has 18 heteroatoms. The molecule has 3 amide bonds. The fraction of sp³-hybridized carbons (Fsp3) is 0.383. The van der Waals surface area contributed by atoms with Gasteiger partial charge in [0.15, 0.2) is 5.82 Å². The second-order valence-electron chi connectivity index (χ2n) is 18.7. The van der Waals surface area contributed by atoms with Gasteiger partial charge in [0.2, 0.25) is 17.6 Å². The van der Waals surface area contributed by atoms with Crippen LogP contribution in [-0.2, 0) is 26.3 Å². The zero-order valence-corrected chi connectivity index (χ0v) is 36.0. The van der Waals surface area contributed by atoms with E-state index in [0.717, 1.165) is 66.0 Å². The molecule has 14 nitrogen and oxygen atoms in total. The lowest BCUT2D eigenvalue weighted by Crippen LogP contribution is -2.64. The van der Waals surface area contributed by atoms with Crippen LogP contribution in [0.1, 0.15) is 75.4 Å². The Labute approximate surface area is 372 Å². The number of rotatable bonds is 11. The summed E-state index contributed by atoms with van der Waals surface area (Å²) in [5, 5.41) is 2.70. The van der Waals surface area contributed by atoms with E-state index in [1.54, 1.807) is 17.2 Å². The highest BCUT2D eigenvalue weighted by Crippen LogP contribution is 2.53. The predicted molar refractivity (Wildman–Crippen MR) is 234 cm³/mol. The average molecular weight is 907 g/mol. The van der Waals surface area contributed by atoms with E-state index in [1.165, 1.54) is 24.6 Å². The van der Waals surface area contributed by atoms with E-state index in [1.807, 2.05) is 29.0 Å². The third-order valence-electron chi connectivity index (χ3n) is 14.3. The van der Waals surface area contributed by atoms with Crippen molar-refractivity contribution in [2.75, 3.05) is 55.4 Å². The zero-order chi connectivity index (χ0) is 44.9. The molecule has 1 aliphatic carbocycles. The van der Waals surface area contributed by atoms with E-state index < -0.39 is 57.0 Å². The van der Waals surface area contributed by atoms with Crippen molar-refractivity contribution in [1.82, 2.24) is 29.4 Å². The van der Waals surface area contributed by atoms with Crippen molar-refractivity contribution >= 4 is 56.1 Å². The third kappa shape index (κ3) is 7.35. The molecule has 11 rings (SSSR count). The van der Waals surface area contributed by atoms with Crippen LogP contribution in [-0.4, -0.2) is 114 Å². The number of pyridine rings is 1. The standard InChI is InChI=1S/C47H45F3N8O6S/c48-32-11-12-57(23-32)65(63,64)54-38-8-7-37(49)41(42(38)50)43(60)36-18-52-44-35(36)14-29(17-51-44)27-1-4-33(5-2-27)56-24-47(25-56)15-26(16-47)19-55-20-31(21-55)28-3-6-34-30(13-28)22-58(46(34)62)39-9-10-40(59)53-45(39)61/h1-8,13-14,17-18,26,31-32,39,54H,9-12,15-16,19-25H2,(H,51,52)(H,53,59,61)/t32-,39-/m1/s1. The Kier molecular flexibility index (Phi) is 9.93. The lowest BCUT2D eigenvalue weighted by Gasteiger charge is -2.61. The normalized spacial score (nSPS) is 22.5. The molecule has 3 aromatic carbocycles. The van der Waals surface area contributed by atoms with Crippen LogP contribution in [0.5, 0.6) is 0 Å². The number of nitrogens with one attached hydrogen (secondary N) is 3. The summed E-state index contributed by atoms with van der Waals surface area (Å²) >= 11 is 0. The zero-order valence-electron chi connectivity index (χ0n) is 35.2. The van der Waals surface area contributed by atoms with Gasteiger partial charge in [0.25, 0.3) is 5.91 Å². The van der Waals surface area contributed by atoms with Gasteiger partial charge >= 0.3 is 10.2 Å². The maximum Gasteiger partial charge on any atom is 0.301 e. The fourth-order valence-electron chi connectivity index (χ4n) is 10.9. The van der Waals surface area contributed by atoms with Crippen LogP contribution in [0.15, 0.2) is 73.1 Å². The molecule has 0 radical (unpaired) electrons. The lowest BCUT2D eigenvalue weighted by atomic mass is 9.57. The maximum absolute atomic E-state index is 15.7. The minimum Gasteiger partial charge on any atom is -0.370 e. The molecule has 1 spiro atoms. The van der Waals surface area contributed by atoms with E-state index in [-0.39, 0.29) is 43.3 Å². The number of H-pyrrole nitrogens is 1. The first-order valence-electron chi connectivity index (χ1n) is 22.0. The van der Waals surface area contributed by atoms with Crippen molar-refractivity contribution in [3.05, 3.63) is 113 Å². The molecular weight excluding hydrogens is 862 g/mol. The monoisotopic (exact) mass is 906 g/mol. The second kappa shape index (κ2) is 15.5. The molecular formula is C47H45F3N8O6S. The number of piperidine rings is 1. The topological polar surface area (TPSA) is 168 Å². The number of carbonyl (C=O) groups is 4. The number of benzene rings is 3. The van der Waals surface area contributed by atoms with Crippen molar-refractivity contribution in [2.45, 2.75) is 56.8 Å². The molecule has 7 heterocycles. The van der Waals surface area contributed by atoms with E-state index in [9.17, 15) is 32.0 Å². The number of nitrogens with zero attached hydrogens (tertiary/aromatic N) is 5. The second-order valence-corrected chi connectivity index (χ2v) is 20.4. The van der Waals surface area contributed by atoms with E-state index in [0.29, 0.717) is 52.4 Å². The van der Waals surface area contributed by atoms with Crippen molar-refractivity contribution in [2.24, 2.45) is 11.3 Å². The summed E-state index contributed by atoms with van der Waals surface area (Å²) in [6.07, 6.45) is 4.60. The first-order valence-corrected chi connectivity index (χ1v) is 23.4. The summed E-state index contributed by atoms with van der Waals surface area (Å²) in [5.41, 5.74) is 4.51. The predicted octanol–water partition coefficient (Wildman–Crippen LogP) is 5.52. The number of hydrogen-bond donors (Lipinski definition) is 3. The van der Waals surface area contributed by atoms with Gasteiger partial charge in [-0.05, 0) is 84.7 Å². The number of imide groups is 1. The number of anilines is 2. The van der Waals surface area contributed by atoms with Crippen molar-refractivity contribution < 1.29 is 40.8 Å².